The smallest absolute Gasteiger partial charge is 0.254 e. The van der Waals surface area contributed by atoms with Crippen molar-refractivity contribution in [3.8, 4) is 5.75 Å². The van der Waals surface area contributed by atoms with Gasteiger partial charge in [-0.05, 0) is 24.3 Å². The van der Waals surface area contributed by atoms with Gasteiger partial charge in [-0.1, -0.05) is 24.3 Å². The molecule has 0 fully saturated rings. The number of amides is 1. The average Bonchev–Trinajstić information content (AvgIpc) is 2.68. The molecule has 0 saturated heterocycles. The summed E-state index contributed by atoms with van der Waals surface area (Å²) in [6.07, 6.45) is 0. The van der Waals surface area contributed by atoms with Crippen LogP contribution in [0.3, 0.4) is 0 Å². The van der Waals surface area contributed by atoms with Gasteiger partial charge in [-0.3, -0.25) is 4.79 Å². The van der Waals surface area contributed by atoms with E-state index >= 15 is 0 Å². The summed E-state index contributed by atoms with van der Waals surface area (Å²) in [6, 6.07) is 13.4. The van der Waals surface area contributed by atoms with E-state index in [2.05, 4.69) is 0 Å². The van der Waals surface area contributed by atoms with E-state index in [4.69, 9.17) is 4.74 Å². The van der Waals surface area contributed by atoms with Crippen molar-refractivity contribution in [3.63, 3.8) is 0 Å². The van der Waals surface area contributed by atoms with Gasteiger partial charge in [0.1, 0.15) is 18.2 Å². The number of benzene rings is 2. The summed E-state index contributed by atoms with van der Waals surface area (Å²) in [5, 5.41) is 0. The maximum atomic E-state index is 13.2. The molecule has 1 aliphatic heterocycles. The Morgan fingerprint density at radius 2 is 2.00 bits per heavy atom. The average molecular weight is 271 g/mol. The molecule has 0 N–H and O–H groups in total. The van der Waals surface area contributed by atoms with E-state index in [0.717, 1.165) is 11.3 Å². The van der Waals surface area contributed by atoms with Crippen LogP contribution in [-0.4, -0.2) is 24.0 Å². The summed E-state index contributed by atoms with van der Waals surface area (Å²) in [5.41, 5.74) is 1.33. The molecule has 20 heavy (non-hydrogen) atoms. The first kappa shape index (κ1) is 12.7. The van der Waals surface area contributed by atoms with Gasteiger partial charge in [0.25, 0.3) is 5.91 Å². The van der Waals surface area contributed by atoms with Crippen LogP contribution in [0.2, 0.25) is 0 Å². The highest BCUT2D eigenvalue weighted by Crippen LogP contribution is 2.23. The van der Waals surface area contributed by atoms with Crippen molar-refractivity contribution in [2.45, 2.75) is 6.54 Å². The molecule has 4 heteroatoms. The predicted molar refractivity (Wildman–Crippen MR) is 73.1 cm³/mol. The lowest BCUT2D eigenvalue weighted by Gasteiger charge is -2.19. The third-order valence-electron chi connectivity index (χ3n) is 3.31. The van der Waals surface area contributed by atoms with Crippen LogP contribution in [-0.2, 0) is 6.54 Å². The molecule has 0 spiro atoms. The Morgan fingerprint density at radius 1 is 1.15 bits per heavy atom. The molecular weight excluding hydrogens is 257 g/mol. The fraction of sp³-hybridized carbons (Fsp3) is 0.188. The van der Waals surface area contributed by atoms with Crippen LogP contribution < -0.4 is 4.74 Å². The summed E-state index contributed by atoms with van der Waals surface area (Å²) < 4.78 is 18.8. The molecular formula is C16H14FNO2. The fourth-order valence-electron chi connectivity index (χ4n) is 2.30. The first-order valence-corrected chi connectivity index (χ1v) is 6.49. The molecule has 0 unspecified atom stereocenters. The molecule has 3 nitrogen and oxygen atoms in total. The van der Waals surface area contributed by atoms with Gasteiger partial charge in [0, 0.05) is 17.7 Å². The minimum Gasteiger partial charge on any atom is -0.491 e. The topological polar surface area (TPSA) is 29.5 Å². The second-order valence-electron chi connectivity index (χ2n) is 4.69. The summed E-state index contributed by atoms with van der Waals surface area (Å²) in [7, 11) is 0. The molecule has 0 saturated carbocycles. The number of fused-ring (bicyclic) bond motifs is 1. The van der Waals surface area contributed by atoms with Crippen LogP contribution in [0.1, 0.15) is 15.9 Å². The Morgan fingerprint density at radius 3 is 2.85 bits per heavy atom. The minimum absolute atomic E-state index is 0.176. The Labute approximate surface area is 116 Å². The van der Waals surface area contributed by atoms with E-state index in [-0.39, 0.29) is 5.91 Å². The van der Waals surface area contributed by atoms with E-state index in [1.54, 1.807) is 17.0 Å². The normalized spacial score (nSPS) is 14.2. The van der Waals surface area contributed by atoms with Crippen molar-refractivity contribution in [2.24, 2.45) is 0 Å². The third-order valence-corrected chi connectivity index (χ3v) is 3.31. The lowest BCUT2D eigenvalue weighted by atomic mass is 10.1. The molecule has 1 heterocycles. The van der Waals surface area contributed by atoms with Crippen LogP contribution >= 0.6 is 0 Å². The monoisotopic (exact) mass is 271 g/mol. The highest BCUT2D eigenvalue weighted by atomic mass is 19.1. The van der Waals surface area contributed by atoms with Crippen molar-refractivity contribution in [1.29, 1.82) is 0 Å². The molecule has 102 valence electrons. The largest absolute Gasteiger partial charge is 0.491 e. The molecule has 0 radical (unpaired) electrons. The lowest BCUT2D eigenvalue weighted by Crippen LogP contribution is -2.32. The highest BCUT2D eigenvalue weighted by Gasteiger charge is 2.20. The van der Waals surface area contributed by atoms with Crippen molar-refractivity contribution in [2.75, 3.05) is 13.2 Å². The van der Waals surface area contributed by atoms with Crippen LogP contribution in [0.4, 0.5) is 4.39 Å². The Bertz CT molecular complexity index is 642. The zero-order valence-electron chi connectivity index (χ0n) is 10.9. The number of para-hydroxylation sites is 1. The van der Waals surface area contributed by atoms with E-state index in [1.165, 1.54) is 12.1 Å². The van der Waals surface area contributed by atoms with Gasteiger partial charge in [-0.15, -0.1) is 0 Å². The first-order valence-electron chi connectivity index (χ1n) is 6.49. The number of nitrogens with zero attached hydrogens (tertiary/aromatic N) is 1. The van der Waals surface area contributed by atoms with Crippen molar-refractivity contribution in [1.82, 2.24) is 4.90 Å². The van der Waals surface area contributed by atoms with Gasteiger partial charge in [0.2, 0.25) is 0 Å². The Hall–Kier alpha value is -2.36. The number of rotatable bonds is 1. The van der Waals surface area contributed by atoms with Crippen molar-refractivity contribution < 1.29 is 13.9 Å². The molecule has 2 aromatic rings. The fourth-order valence-corrected chi connectivity index (χ4v) is 2.30. The molecule has 3 rings (SSSR count). The van der Waals surface area contributed by atoms with E-state index in [0.29, 0.717) is 25.3 Å². The van der Waals surface area contributed by atoms with Gasteiger partial charge in [-0.2, -0.15) is 0 Å². The molecule has 1 aliphatic rings. The zero-order chi connectivity index (χ0) is 13.9. The summed E-state index contributed by atoms with van der Waals surface area (Å²) in [5.74, 6) is 0.231. The summed E-state index contributed by atoms with van der Waals surface area (Å²) in [4.78, 5) is 14.1. The third kappa shape index (κ3) is 2.50. The van der Waals surface area contributed by atoms with Crippen molar-refractivity contribution in [3.05, 3.63) is 65.5 Å². The van der Waals surface area contributed by atoms with Gasteiger partial charge < -0.3 is 9.64 Å². The zero-order valence-corrected chi connectivity index (χ0v) is 10.9. The maximum absolute atomic E-state index is 13.2. The quantitative estimate of drug-likeness (QED) is 0.798. The standard InChI is InChI=1S/C16H14FNO2/c17-14-6-3-5-12(10-14)16(19)18-8-9-20-15-7-2-1-4-13(15)11-18/h1-7,10H,8-9,11H2. The van der Waals surface area contributed by atoms with Gasteiger partial charge >= 0.3 is 0 Å². The van der Waals surface area contributed by atoms with Crippen molar-refractivity contribution >= 4 is 5.91 Å². The number of hydrogen-bond acceptors (Lipinski definition) is 2. The molecule has 2 aromatic carbocycles. The van der Waals surface area contributed by atoms with E-state index in [9.17, 15) is 9.18 Å². The first-order chi connectivity index (χ1) is 9.74. The highest BCUT2D eigenvalue weighted by molar-refractivity contribution is 5.94. The Kier molecular flexibility index (Phi) is 3.37. The van der Waals surface area contributed by atoms with Crippen LogP contribution in [0, 0.1) is 5.82 Å². The van der Waals surface area contributed by atoms with Crippen LogP contribution in [0.25, 0.3) is 0 Å². The van der Waals surface area contributed by atoms with E-state index in [1.807, 2.05) is 24.3 Å². The van der Waals surface area contributed by atoms with Crippen LogP contribution in [0.5, 0.6) is 5.75 Å². The second kappa shape index (κ2) is 5.33. The maximum Gasteiger partial charge on any atom is 0.254 e. The predicted octanol–water partition coefficient (Wildman–Crippen LogP) is 2.86. The SMILES string of the molecule is O=C(c1cccc(F)c1)N1CCOc2ccccc2C1. The summed E-state index contributed by atoms with van der Waals surface area (Å²) >= 11 is 0. The number of carbonyl (C=O) groups is 1. The van der Waals surface area contributed by atoms with E-state index < -0.39 is 5.82 Å². The van der Waals surface area contributed by atoms with Gasteiger partial charge in [0.15, 0.2) is 0 Å². The number of carbonyl (C=O) groups excluding carboxylic acids is 1. The molecule has 0 aromatic heterocycles. The molecule has 0 bridgehead atoms. The minimum atomic E-state index is -0.401. The summed E-state index contributed by atoms with van der Waals surface area (Å²) in [6.45, 7) is 1.41. The number of halogens is 1. The lowest BCUT2D eigenvalue weighted by molar-refractivity contribution is 0.0732. The second-order valence-corrected chi connectivity index (χ2v) is 4.69. The van der Waals surface area contributed by atoms with Crippen LogP contribution in [0.15, 0.2) is 48.5 Å². The molecule has 1 amide bonds. The number of ether oxygens (including phenoxy) is 1. The molecule has 0 atom stereocenters. The Balaban J connectivity index is 1.86. The molecule has 0 aliphatic carbocycles. The van der Waals surface area contributed by atoms with Gasteiger partial charge in [-0.25, -0.2) is 4.39 Å². The number of hydrogen-bond donors (Lipinski definition) is 0. The van der Waals surface area contributed by atoms with Gasteiger partial charge in [0.05, 0.1) is 6.54 Å².